The Morgan fingerprint density at radius 1 is 1.04 bits per heavy atom. The molecule has 0 amide bonds. The Bertz CT molecular complexity index is 555. The average molecular weight is 386 g/mol. The molecule has 0 aliphatic rings. The second-order valence-corrected chi connectivity index (χ2v) is 10.6. The van der Waals surface area contributed by atoms with Gasteiger partial charge in [0.05, 0.1) is 4.90 Å². The average Bonchev–Trinajstić information content (AvgIpc) is 2.54. The Morgan fingerprint density at radius 2 is 1.58 bits per heavy atom. The van der Waals surface area contributed by atoms with Gasteiger partial charge < -0.3 is 17.8 Å². The van der Waals surface area contributed by atoms with E-state index in [9.17, 15) is 13.0 Å². The number of rotatable bonds is 11. The normalized spacial score (nSPS) is 12.0. The molecule has 0 aromatic heterocycles. The van der Waals surface area contributed by atoms with Crippen LogP contribution in [0.3, 0.4) is 0 Å². The molecule has 0 aliphatic heterocycles. The molecule has 6 nitrogen and oxygen atoms in total. The van der Waals surface area contributed by atoms with Crippen molar-refractivity contribution in [2.75, 3.05) is 32.8 Å². The van der Waals surface area contributed by atoms with Crippen LogP contribution >= 0.6 is 11.8 Å². The van der Waals surface area contributed by atoms with Gasteiger partial charge in [0.25, 0.3) is 0 Å². The Kier molecular flexibility index (Phi) is 11.8. The van der Waals surface area contributed by atoms with Gasteiger partial charge in [-0.1, -0.05) is 12.1 Å². The minimum Gasteiger partial charge on any atom is -0.744 e. The van der Waals surface area contributed by atoms with Crippen LogP contribution in [-0.2, 0) is 29.8 Å². The molecular weight excluding hydrogens is 363 g/mol. The number of benzene rings is 1. The molecule has 1 rings (SSSR count). The zero-order valence-electron chi connectivity index (χ0n) is 14.6. The molecule has 0 radical (unpaired) electrons. The standard InChI is InChI=1S/C14H24O6S2Si.Li/c1-18-23(19-2,20-3)12-4-10-21-11-9-13-5-7-14(8-6-13)22(15,16)17;/h5-8H,4,9-12H2,1-3H3,(H,15,16,17);/q;+1/p-1. The first-order valence-electron chi connectivity index (χ1n) is 7.15. The maximum absolute atomic E-state index is 10.8. The first-order valence-corrected chi connectivity index (χ1v) is 11.6. The molecule has 0 saturated carbocycles. The summed E-state index contributed by atoms with van der Waals surface area (Å²) >= 11 is 1.81. The van der Waals surface area contributed by atoms with Crippen molar-refractivity contribution in [3.63, 3.8) is 0 Å². The van der Waals surface area contributed by atoms with Gasteiger partial charge in [-0.05, 0) is 42.0 Å². The molecule has 0 bridgehead atoms. The maximum Gasteiger partial charge on any atom is 1.00 e. The predicted octanol–water partition coefficient (Wildman–Crippen LogP) is -0.861. The zero-order valence-corrected chi connectivity index (χ0v) is 17.2. The van der Waals surface area contributed by atoms with Crippen LogP contribution in [-0.4, -0.2) is 54.6 Å². The van der Waals surface area contributed by atoms with Crippen LogP contribution < -0.4 is 18.9 Å². The molecule has 0 heterocycles. The summed E-state index contributed by atoms with van der Waals surface area (Å²) in [6, 6.07) is 6.86. The third kappa shape index (κ3) is 8.04. The van der Waals surface area contributed by atoms with Crippen LogP contribution in [0.2, 0.25) is 6.04 Å². The summed E-state index contributed by atoms with van der Waals surface area (Å²) in [5.41, 5.74) is 1.01. The van der Waals surface area contributed by atoms with Crippen molar-refractivity contribution in [2.45, 2.75) is 23.8 Å². The molecule has 0 N–H and O–H groups in total. The van der Waals surface area contributed by atoms with E-state index in [2.05, 4.69) is 0 Å². The molecule has 10 heteroatoms. The summed E-state index contributed by atoms with van der Waals surface area (Å²) in [5.74, 6) is 1.89. The van der Waals surface area contributed by atoms with E-state index in [1.165, 1.54) is 12.1 Å². The molecule has 132 valence electrons. The first kappa shape index (κ1) is 24.2. The molecule has 0 spiro atoms. The molecule has 1 aromatic carbocycles. The van der Waals surface area contributed by atoms with Gasteiger partial charge >= 0.3 is 27.7 Å². The SMILES string of the molecule is CO[Si](CCCSCCc1ccc(S(=O)(=O)[O-])cc1)(OC)OC.[Li+]. The summed E-state index contributed by atoms with van der Waals surface area (Å²) in [5, 5.41) is 0. The quantitative estimate of drug-likeness (QED) is 0.278. The third-order valence-electron chi connectivity index (χ3n) is 3.45. The summed E-state index contributed by atoms with van der Waals surface area (Å²) < 4.78 is 48.6. The predicted molar refractivity (Wildman–Crippen MR) is 91.6 cm³/mol. The second kappa shape index (κ2) is 11.7. The van der Waals surface area contributed by atoms with E-state index < -0.39 is 18.9 Å². The van der Waals surface area contributed by atoms with E-state index in [1.54, 1.807) is 45.2 Å². The summed E-state index contributed by atoms with van der Waals surface area (Å²) in [6.45, 7) is 0. The summed E-state index contributed by atoms with van der Waals surface area (Å²) in [7, 11) is -2.00. The van der Waals surface area contributed by atoms with Gasteiger partial charge in [-0.25, -0.2) is 8.42 Å². The van der Waals surface area contributed by atoms with Crippen LogP contribution in [0.4, 0.5) is 0 Å². The van der Waals surface area contributed by atoms with Crippen molar-refractivity contribution in [1.82, 2.24) is 0 Å². The van der Waals surface area contributed by atoms with Crippen molar-refractivity contribution < 1.29 is 45.1 Å². The Hall–Kier alpha value is 0.174. The van der Waals surface area contributed by atoms with Gasteiger partial charge in [-0.3, -0.25) is 0 Å². The van der Waals surface area contributed by atoms with E-state index >= 15 is 0 Å². The molecule has 0 aliphatic carbocycles. The summed E-state index contributed by atoms with van der Waals surface area (Å²) in [4.78, 5) is -0.186. The number of hydrogen-bond acceptors (Lipinski definition) is 7. The molecule has 1 aromatic rings. The minimum absolute atomic E-state index is 0. The minimum atomic E-state index is -4.36. The van der Waals surface area contributed by atoms with Crippen LogP contribution in [0, 0.1) is 0 Å². The summed E-state index contributed by atoms with van der Waals surface area (Å²) in [6.07, 6.45) is 1.77. The van der Waals surface area contributed by atoms with Crippen LogP contribution in [0.1, 0.15) is 12.0 Å². The number of thioether (sulfide) groups is 1. The topological polar surface area (TPSA) is 84.9 Å². The molecule has 0 atom stereocenters. The largest absolute Gasteiger partial charge is 1.00 e. The fourth-order valence-electron chi connectivity index (χ4n) is 2.06. The van der Waals surface area contributed by atoms with Crippen LogP contribution in [0.25, 0.3) is 0 Å². The van der Waals surface area contributed by atoms with Gasteiger partial charge in [0.1, 0.15) is 10.1 Å². The van der Waals surface area contributed by atoms with Crippen LogP contribution in [0.15, 0.2) is 29.2 Å². The Balaban J connectivity index is 0.00000529. The van der Waals surface area contributed by atoms with Gasteiger partial charge in [0, 0.05) is 27.4 Å². The zero-order chi connectivity index (χ0) is 17.3. The maximum atomic E-state index is 10.8. The smallest absolute Gasteiger partial charge is 0.744 e. The monoisotopic (exact) mass is 386 g/mol. The van der Waals surface area contributed by atoms with Crippen molar-refractivity contribution in [1.29, 1.82) is 0 Å². The molecule has 0 fully saturated rings. The van der Waals surface area contributed by atoms with Gasteiger partial charge in [0.15, 0.2) is 0 Å². The van der Waals surface area contributed by atoms with Crippen LogP contribution in [0.5, 0.6) is 0 Å². The second-order valence-electron chi connectivity index (χ2n) is 4.86. The number of hydrogen-bond donors (Lipinski definition) is 0. The van der Waals surface area contributed by atoms with Crippen molar-refractivity contribution in [2.24, 2.45) is 0 Å². The molecule has 24 heavy (non-hydrogen) atoms. The van der Waals surface area contributed by atoms with Gasteiger partial charge in [-0.15, -0.1) is 0 Å². The molecular formula is C14H23LiO6S2Si. The van der Waals surface area contributed by atoms with E-state index in [0.717, 1.165) is 36.0 Å². The van der Waals surface area contributed by atoms with Gasteiger partial charge in [-0.2, -0.15) is 11.8 Å². The third-order valence-corrected chi connectivity index (χ3v) is 8.20. The van der Waals surface area contributed by atoms with E-state index in [1.807, 2.05) is 0 Å². The van der Waals surface area contributed by atoms with Crippen molar-refractivity contribution in [3.8, 4) is 0 Å². The van der Waals surface area contributed by atoms with E-state index in [-0.39, 0.29) is 23.8 Å². The van der Waals surface area contributed by atoms with E-state index in [0.29, 0.717) is 0 Å². The molecule has 0 unspecified atom stereocenters. The number of aryl methyl sites for hydroxylation is 1. The van der Waals surface area contributed by atoms with Crippen molar-refractivity contribution in [3.05, 3.63) is 29.8 Å². The first-order chi connectivity index (χ1) is 10.9. The van der Waals surface area contributed by atoms with E-state index in [4.69, 9.17) is 13.3 Å². The fraction of sp³-hybridized carbons (Fsp3) is 0.571. The molecule has 0 saturated heterocycles. The fourth-order valence-corrected chi connectivity index (χ4v) is 5.44. The van der Waals surface area contributed by atoms with Gasteiger partial charge in [0.2, 0.25) is 0 Å². The Morgan fingerprint density at radius 3 is 2.04 bits per heavy atom. The Labute approximate surface area is 161 Å². The van der Waals surface area contributed by atoms with Crippen molar-refractivity contribution >= 4 is 30.7 Å².